The van der Waals surface area contributed by atoms with Crippen molar-refractivity contribution in [1.29, 1.82) is 0 Å². The number of nitrogens with one attached hydrogen (secondary N) is 1. The number of hydrogen-bond donors (Lipinski definition) is 2. The van der Waals surface area contributed by atoms with Crippen molar-refractivity contribution in [3.8, 4) is 0 Å². The summed E-state index contributed by atoms with van der Waals surface area (Å²) < 4.78 is 5.52. The molecule has 1 aromatic rings. The summed E-state index contributed by atoms with van der Waals surface area (Å²) >= 11 is 0. The molecule has 1 fully saturated rings. The third kappa shape index (κ3) is 3.69. The largest absolute Gasteiger partial charge is 0.390 e. The van der Waals surface area contributed by atoms with E-state index in [1.807, 2.05) is 21.0 Å². The lowest BCUT2D eigenvalue weighted by atomic mass is 10.1. The van der Waals surface area contributed by atoms with Crippen LogP contribution in [0.15, 0.2) is 0 Å². The molecule has 0 amide bonds. The fourth-order valence-electron chi connectivity index (χ4n) is 3.54. The molecule has 0 saturated carbocycles. The Morgan fingerprint density at radius 1 is 1.25 bits per heavy atom. The van der Waals surface area contributed by atoms with E-state index in [-0.39, 0.29) is 12.1 Å². The van der Waals surface area contributed by atoms with Gasteiger partial charge in [0.15, 0.2) is 5.82 Å². The highest BCUT2D eigenvalue weighted by Crippen LogP contribution is 2.28. The summed E-state index contributed by atoms with van der Waals surface area (Å²) in [5.74, 6) is 1.73. The van der Waals surface area contributed by atoms with Crippen molar-refractivity contribution < 1.29 is 9.84 Å². The minimum absolute atomic E-state index is 0.134. The standard InChI is InChI=1S/C17H29N5O2/c1-4-24-11-16-19-13-6-8-18-7-5-12(13)17(20-16)22-9-14(21(2)3)15(23)10-22/h14-15,18,23H,4-11H2,1-3H3/t14-,15-/m1/s1. The number of rotatable bonds is 5. The Morgan fingerprint density at radius 3 is 2.75 bits per heavy atom. The van der Waals surface area contributed by atoms with E-state index >= 15 is 0 Å². The molecule has 1 aromatic heterocycles. The number of aromatic nitrogens is 2. The van der Waals surface area contributed by atoms with Gasteiger partial charge in [-0.1, -0.05) is 0 Å². The van der Waals surface area contributed by atoms with Crippen LogP contribution >= 0.6 is 0 Å². The Kier molecular flexibility index (Phi) is 5.65. The maximum atomic E-state index is 10.4. The average molecular weight is 335 g/mol. The predicted molar refractivity (Wildman–Crippen MR) is 93.3 cm³/mol. The molecule has 2 atom stereocenters. The number of β-amino-alcohol motifs (C(OH)–C–C–N with tert-alkyl or cyclic N) is 1. The van der Waals surface area contributed by atoms with Gasteiger partial charge in [-0.25, -0.2) is 9.97 Å². The second kappa shape index (κ2) is 7.74. The summed E-state index contributed by atoms with van der Waals surface area (Å²) in [6.07, 6.45) is 1.49. The first kappa shape index (κ1) is 17.5. The highest BCUT2D eigenvalue weighted by Gasteiger charge is 2.35. The maximum Gasteiger partial charge on any atom is 0.156 e. The Morgan fingerprint density at radius 2 is 2.04 bits per heavy atom. The van der Waals surface area contributed by atoms with E-state index in [1.54, 1.807) is 0 Å². The molecule has 2 aliphatic heterocycles. The highest BCUT2D eigenvalue weighted by molar-refractivity contribution is 5.51. The van der Waals surface area contributed by atoms with Crippen LogP contribution < -0.4 is 10.2 Å². The van der Waals surface area contributed by atoms with Gasteiger partial charge in [0, 0.05) is 38.2 Å². The second-order valence-corrected chi connectivity index (χ2v) is 6.78. The van der Waals surface area contributed by atoms with Crippen LogP contribution in [0.1, 0.15) is 24.0 Å². The van der Waals surface area contributed by atoms with Crippen molar-refractivity contribution in [2.24, 2.45) is 0 Å². The molecule has 3 rings (SSSR count). The molecule has 0 aliphatic carbocycles. The first-order valence-corrected chi connectivity index (χ1v) is 8.86. The zero-order valence-electron chi connectivity index (χ0n) is 15.0. The number of aliphatic hydroxyl groups is 1. The van der Waals surface area contributed by atoms with Crippen molar-refractivity contribution in [3.63, 3.8) is 0 Å². The first-order chi connectivity index (χ1) is 11.6. The molecule has 0 unspecified atom stereocenters. The monoisotopic (exact) mass is 335 g/mol. The van der Waals surface area contributed by atoms with Crippen LogP contribution in [0, 0.1) is 0 Å². The number of nitrogens with zero attached hydrogens (tertiary/aromatic N) is 4. The van der Waals surface area contributed by atoms with E-state index in [1.165, 1.54) is 5.56 Å². The van der Waals surface area contributed by atoms with E-state index in [0.717, 1.165) is 49.8 Å². The summed E-state index contributed by atoms with van der Waals surface area (Å²) in [7, 11) is 4.03. The number of hydrogen-bond acceptors (Lipinski definition) is 7. The van der Waals surface area contributed by atoms with Crippen molar-refractivity contribution >= 4 is 5.82 Å². The molecule has 1 saturated heterocycles. The second-order valence-electron chi connectivity index (χ2n) is 6.78. The van der Waals surface area contributed by atoms with Gasteiger partial charge in [-0.3, -0.25) is 0 Å². The summed E-state index contributed by atoms with van der Waals surface area (Å²) in [5.41, 5.74) is 2.36. The van der Waals surface area contributed by atoms with Gasteiger partial charge in [-0.15, -0.1) is 0 Å². The number of aliphatic hydroxyl groups excluding tert-OH is 1. The van der Waals surface area contributed by atoms with E-state index in [4.69, 9.17) is 14.7 Å². The van der Waals surface area contributed by atoms with Gasteiger partial charge in [-0.2, -0.15) is 0 Å². The third-order valence-corrected chi connectivity index (χ3v) is 4.86. The van der Waals surface area contributed by atoms with Crippen LogP contribution in [0.25, 0.3) is 0 Å². The Balaban J connectivity index is 1.93. The number of likely N-dealkylation sites (N-methyl/N-ethyl adjacent to an activating group) is 1. The zero-order chi connectivity index (χ0) is 17.1. The maximum absolute atomic E-state index is 10.4. The molecule has 0 spiro atoms. The van der Waals surface area contributed by atoms with Gasteiger partial charge < -0.3 is 25.0 Å². The van der Waals surface area contributed by atoms with Crippen LogP contribution in [-0.2, 0) is 24.2 Å². The quantitative estimate of drug-likeness (QED) is 0.773. The fraction of sp³-hybridized carbons (Fsp3) is 0.765. The van der Waals surface area contributed by atoms with E-state index in [0.29, 0.717) is 19.8 Å². The normalized spacial score (nSPS) is 24.3. The van der Waals surface area contributed by atoms with Gasteiger partial charge >= 0.3 is 0 Å². The highest BCUT2D eigenvalue weighted by atomic mass is 16.5. The average Bonchev–Trinajstić information content (AvgIpc) is 2.79. The first-order valence-electron chi connectivity index (χ1n) is 8.86. The van der Waals surface area contributed by atoms with Crippen molar-refractivity contribution in [2.75, 3.05) is 51.8 Å². The van der Waals surface area contributed by atoms with Crippen LogP contribution in [0.4, 0.5) is 5.82 Å². The van der Waals surface area contributed by atoms with Gasteiger partial charge in [0.2, 0.25) is 0 Å². The van der Waals surface area contributed by atoms with E-state index < -0.39 is 0 Å². The number of ether oxygens (including phenoxy) is 1. The SMILES string of the molecule is CCOCc1nc2c(c(N3C[C@@H](O)[C@H](N(C)C)C3)n1)CCNCC2. The lowest BCUT2D eigenvalue weighted by Gasteiger charge is -2.24. The molecule has 3 heterocycles. The van der Waals surface area contributed by atoms with Crippen LogP contribution in [0.5, 0.6) is 0 Å². The predicted octanol–water partition coefficient (Wildman–Crippen LogP) is -0.188. The lowest BCUT2D eigenvalue weighted by Crippen LogP contribution is -2.38. The topological polar surface area (TPSA) is 73.8 Å². The molecule has 0 aromatic carbocycles. The molecule has 24 heavy (non-hydrogen) atoms. The van der Waals surface area contributed by atoms with Gasteiger partial charge in [0.05, 0.1) is 17.8 Å². The number of fused-ring (bicyclic) bond motifs is 1. The van der Waals surface area contributed by atoms with Gasteiger partial charge in [-0.05, 0) is 34.0 Å². The van der Waals surface area contributed by atoms with Crippen molar-refractivity contribution in [3.05, 3.63) is 17.1 Å². The lowest BCUT2D eigenvalue weighted by molar-refractivity contribution is 0.114. The molecule has 7 nitrogen and oxygen atoms in total. The summed E-state index contributed by atoms with van der Waals surface area (Å²) in [4.78, 5) is 13.9. The fourth-order valence-corrected chi connectivity index (χ4v) is 3.54. The van der Waals surface area contributed by atoms with Crippen molar-refractivity contribution in [1.82, 2.24) is 20.2 Å². The minimum Gasteiger partial charge on any atom is -0.390 e. The molecular formula is C17H29N5O2. The van der Waals surface area contributed by atoms with E-state index in [2.05, 4.69) is 15.1 Å². The van der Waals surface area contributed by atoms with E-state index in [9.17, 15) is 5.11 Å². The van der Waals surface area contributed by atoms with Gasteiger partial charge in [0.1, 0.15) is 12.4 Å². The Bertz CT molecular complexity index is 566. The Hall–Kier alpha value is -1.28. The summed E-state index contributed by atoms with van der Waals surface area (Å²) in [5, 5.41) is 13.8. The van der Waals surface area contributed by atoms with Crippen molar-refractivity contribution in [2.45, 2.75) is 38.5 Å². The smallest absolute Gasteiger partial charge is 0.156 e. The van der Waals surface area contributed by atoms with Gasteiger partial charge in [0.25, 0.3) is 0 Å². The van der Waals surface area contributed by atoms with Crippen LogP contribution in [-0.4, -0.2) is 79.0 Å². The molecule has 2 N–H and O–H groups in total. The van der Waals surface area contributed by atoms with Crippen LogP contribution in [0.3, 0.4) is 0 Å². The molecule has 2 aliphatic rings. The van der Waals surface area contributed by atoms with Crippen LogP contribution in [0.2, 0.25) is 0 Å². The zero-order valence-corrected chi connectivity index (χ0v) is 15.0. The number of anilines is 1. The molecule has 0 radical (unpaired) electrons. The molecule has 0 bridgehead atoms. The molecule has 134 valence electrons. The molecular weight excluding hydrogens is 306 g/mol. The third-order valence-electron chi connectivity index (χ3n) is 4.86. The molecule has 7 heteroatoms. The Labute approximate surface area is 144 Å². The summed E-state index contributed by atoms with van der Waals surface area (Å²) in [6.45, 7) is 6.38. The minimum atomic E-state index is -0.357. The summed E-state index contributed by atoms with van der Waals surface area (Å²) in [6, 6.07) is 0.134.